The lowest BCUT2D eigenvalue weighted by atomic mass is 10.1. The Hall–Kier alpha value is -3.12. The van der Waals surface area contributed by atoms with Crippen molar-refractivity contribution in [2.24, 2.45) is 4.99 Å². The number of thioether (sulfide) groups is 1. The second-order valence-corrected chi connectivity index (χ2v) is 7.71. The summed E-state index contributed by atoms with van der Waals surface area (Å²) in [6.45, 7) is 1.28. The zero-order chi connectivity index (χ0) is 18.9. The first-order valence-corrected chi connectivity index (χ1v) is 9.91. The molecule has 3 heterocycles. The van der Waals surface area contributed by atoms with Crippen LogP contribution in [0.2, 0.25) is 0 Å². The van der Waals surface area contributed by atoms with E-state index in [1.165, 1.54) is 17.3 Å². The summed E-state index contributed by atoms with van der Waals surface area (Å²) < 4.78 is 5.53. The molecule has 0 radical (unpaired) electrons. The average molecular weight is 387 g/mol. The van der Waals surface area contributed by atoms with Crippen LogP contribution < -0.4 is 10.1 Å². The van der Waals surface area contributed by atoms with Gasteiger partial charge in [0.1, 0.15) is 5.75 Å². The van der Waals surface area contributed by atoms with Crippen molar-refractivity contribution >= 4 is 39.8 Å². The molecule has 2 aliphatic heterocycles. The summed E-state index contributed by atoms with van der Waals surface area (Å²) in [5.41, 5.74) is 4.26. The number of carbonyl (C=O) groups is 1. The smallest absolute Gasteiger partial charge is 0.264 e. The fourth-order valence-electron chi connectivity index (χ4n) is 3.34. The van der Waals surface area contributed by atoms with Crippen LogP contribution in [0.1, 0.15) is 16.7 Å². The number of fused-ring (bicyclic) bond motifs is 2. The third-order valence-corrected chi connectivity index (χ3v) is 5.68. The van der Waals surface area contributed by atoms with E-state index in [9.17, 15) is 4.79 Å². The number of pyridine rings is 1. The molecule has 6 heteroatoms. The minimum atomic E-state index is -0.114. The molecular weight excluding hydrogens is 370 g/mol. The topological polar surface area (TPSA) is 63.6 Å². The van der Waals surface area contributed by atoms with Gasteiger partial charge < -0.3 is 10.1 Å². The van der Waals surface area contributed by atoms with Crippen LogP contribution in [0.4, 0.5) is 0 Å². The molecule has 5 nitrogen and oxygen atoms in total. The number of hydrogen-bond acceptors (Lipinski definition) is 5. The molecule has 1 aromatic heterocycles. The van der Waals surface area contributed by atoms with E-state index in [2.05, 4.69) is 21.4 Å². The quantitative estimate of drug-likeness (QED) is 0.692. The number of nitrogens with one attached hydrogen (secondary N) is 1. The van der Waals surface area contributed by atoms with Gasteiger partial charge in [0, 0.05) is 18.0 Å². The number of hydrogen-bond donors (Lipinski definition) is 1. The van der Waals surface area contributed by atoms with E-state index in [1.54, 1.807) is 6.20 Å². The maximum Gasteiger partial charge on any atom is 0.264 e. The van der Waals surface area contributed by atoms with Gasteiger partial charge in [0.15, 0.2) is 5.17 Å². The normalized spacial score (nSPS) is 18.5. The molecule has 0 unspecified atom stereocenters. The molecule has 0 bridgehead atoms. The van der Waals surface area contributed by atoms with Crippen LogP contribution in [-0.2, 0) is 17.8 Å². The first kappa shape index (κ1) is 17.0. The number of nitrogens with zero attached hydrogens (tertiary/aromatic N) is 2. The van der Waals surface area contributed by atoms with Crippen LogP contribution in [0.5, 0.6) is 5.75 Å². The highest BCUT2D eigenvalue weighted by Crippen LogP contribution is 2.28. The summed E-state index contributed by atoms with van der Waals surface area (Å²) in [5, 5.41) is 4.54. The van der Waals surface area contributed by atoms with Crippen molar-refractivity contribution < 1.29 is 9.53 Å². The number of ether oxygens (including phenoxy) is 1. The fourth-order valence-corrected chi connectivity index (χ4v) is 4.16. The third-order valence-electron chi connectivity index (χ3n) is 4.73. The molecule has 2 aromatic carbocycles. The maximum absolute atomic E-state index is 12.3. The first-order valence-electron chi connectivity index (χ1n) is 9.09. The Balaban J connectivity index is 1.33. The van der Waals surface area contributed by atoms with Crippen LogP contribution in [-0.4, -0.2) is 22.7 Å². The molecule has 1 amide bonds. The summed E-state index contributed by atoms with van der Waals surface area (Å²) in [5.74, 6) is 0.855. The Kier molecular flexibility index (Phi) is 4.33. The van der Waals surface area contributed by atoms with E-state index < -0.39 is 0 Å². The van der Waals surface area contributed by atoms with Crippen molar-refractivity contribution in [2.75, 3.05) is 6.61 Å². The second-order valence-electron chi connectivity index (χ2n) is 6.68. The second kappa shape index (κ2) is 7.13. The molecule has 1 fully saturated rings. The Bertz CT molecular complexity index is 1150. The van der Waals surface area contributed by atoms with Crippen LogP contribution in [0.3, 0.4) is 0 Å². The molecule has 28 heavy (non-hydrogen) atoms. The van der Waals surface area contributed by atoms with Gasteiger partial charge in [-0.25, -0.2) is 0 Å². The Morgan fingerprint density at radius 2 is 2.18 bits per heavy atom. The molecular formula is C22H17N3O2S. The van der Waals surface area contributed by atoms with Gasteiger partial charge in [0.05, 0.1) is 23.6 Å². The summed E-state index contributed by atoms with van der Waals surface area (Å²) >= 11 is 1.37. The van der Waals surface area contributed by atoms with Crippen molar-refractivity contribution in [1.82, 2.24) is 10.3 Å². The Morgan fingerprint density at radius 3 is 3.14 bits per heavy atom. The molecule has 1 saturated heterocycles. The zero-order valence-corrected chi connectivity index (χ0v) is 15.8. The summed E-state index contributed by atoms with van der Waals surface area (Å²) in [7, 11) is 0. The Labute approximate surface area is 166 Å². The highest BCUT2D eigenvalue weighted by molar-refractivity contribution is 8.18. The van der Waals surface area contributed by atoms with Gasteiger partial charge >= 0.3 is 0 Å². The monoisotopic (exact) mass is 387 g/mol. The van der Waals surface area contributed by atoms with Gasteiger partial charge in [-0.1, -0.05) is 24.3 Å². The van der Waals surface area contributed by atoms with Crippen LogP contribution in [0.15, 0.2) is 64.6 Å². The third kappa shape index (κ3) is 3.39. The largest absolute Gasteiger partial charge is 0.493 e. The van der Waals surface area contributed by atoms with Gasteiger partial charge in [-0.3, -0.25) is 14.8 Å². The number of rotatable bonds is 3. The maximum atomic E-state index is 12.3. The van der Waals surface area contributed by atoms with E-state index in [4.69, 9.17) is 4.74 Å². The highest BCUT2D eigenvalue weighted by Gasteiger charge is 2.23. The molecule has 1 N–H and O–H groups in total. The fraction of sp³-hybridized carbons (Fsp3) is 0.136. The van der Waals surface area contributed by atoms with Crippen molar-refractivity contribution in [3.05, 3.63) is 76.3 Å². The predicted molar refractivity (Wildman–Crippen MR) is 112 cm³/mol. The molecule has 0 saturated carbocycles. The number of aromatic nitrogens is 1. The van der Waals surface area contributed by atoms with Gasteiger partial charge in [0.25, 0.3) is 5.91 Å². The van der Waals surface area contributed by atoms with Crippen molar-refractivity contribution in [2.45, 2.75) is 13.0 Å². The van der Waals surface area contributed by atoms with Crippen molar-refractivity contribution in [3.63, 3.8) is 0 Å². The van der Waals surface area contributed by atoms with Gasteiger partial charge in [-0.2, -0.15) is 0 Å². The SMILES string of the molecule is O=C1NC(=NCc2ccc3c(c2)CCO3)S/C1=C\c1ccc2ncccc2c1. The van der Waals surface area contributed by atoms with Crippen molar-refractivity contribution in [3.8, 4) is 5.75 Å². The van der Waals surface area contributed by atoms with E-state index in [0.29, 0.717) is 16.6 Å². The van der Waals surface area contributed by atoms with Gasteiger partial charge in [0.2, 0.25) is 0 Å². The lowest BCUT2D eigenvalue weighted by molar-refractivity contribution is -0.115. The van der Waals surface area contributed by atoms with Gasteiger partial charge in [-0.05, 0) is 58.8 Å². The van der Waals surface area contributed by atoms with Crippen LogP contribution in [0.25, 0.3) is 17.0 Å². The number of amidine groups is 1. The van der Waals surface area contributed by atoms with Crippen LogP contribution in [0, 0.1) is 0 Å². The molecule has 0 aliphatic carbocycles. The molecule has 0 atom stereocenters. The molecule has 0 spiro atoms. The molecule has 5 rings (SSSR count). The Morgan fingerprint density at radius 1 is 1.21 bits per heavy atom. The molecule has 3 aromatic rings. The van der Waals surface area contributed by atoms with E-state index in [-0.39, 0.29) is 5.91 Å². The first-order chi connectivity index (χ1) is 13.7. The summed E-state index contributed by atoms with van der Waals surface area (Å²) in [6.07, 6.45) is 4.61. The molecule has 138 valence electrons. The van der Waals surface area contributed by atoms with Gasteiger partial charge in [-0.15, -0.1) is 0 Å². The lowest BCUT2D eigenvalue weighted by Gasteiger charge is -2.02. The predicted octanol–water partition coefficient (Wildman–Crippen LogP) is 3.93. The number of carbonyl (C=O) groups excluding carboxylic acids is 1. The number of amides is 1. The van der Waals surface area contributed by atoms with E-state index >= 15 is 0 Å². The van der Waals surface area contributed by atoms with Crippen LogP contribution >= 0.6 is 11.8 Å². The number of benzene rings is 2. The van der Waals surface area contributed by atoms with E-state index in [1.807, 2.05) is 48.5 Å². The number of aliphatic imine (C=N–C) groups is 1. The molecule has 2 aliphatic rings. The standard InChI is InChI=1S/C22H17N3O2S/c26-21-20(12-14-3-5-18-16(10-14)2-1-8-23-18)28-22(25-21)24-13-15-4-6-19-17(11-15)7-9-27-19/h1-6,8,10-12H,7,9,13H2,(H,24,25,26)/b20-12-. The van der Waals surface area contributed by atoms with Crippen molar-refractivity contribution in [1.29, 1.82) is 0 Å². The lowest BCUT2D eigenvalue weighted by Crippen LogP contribution is -2.19. The minimum absolute atomic E-state index is 0.114. The van der Waals surface area contributed by atoms with E-state index in [0.717, 1.165) is 40.8 Å². The minimum Gasteiger partial charge on any atom is -0.493 e. The summed E-state index contributed by atoms with van der Waals surface area (Å²) in [4.78, 5) is 21.8. The zero-order valence-electron chi connectivity index (χ0n) is 15.0. The highest BCUT2D eigenvalue weighted by atomic mass is 32.2. The average Bonchev–Trinajstić information content (AvgIpc) is 3.32. The summed E-state index contributed by atoms with van der Waals surface area (Å²) in [6, 6.07) is 16.0.